The average Bonchev–Trinajstić information content (AvgIpc) is 2.57. The number of carbonyl (C=O) groups excluding carboxylic acids is 1. The van der Waals surface area contributed by atoms with Gasteiger partial charge in [-0.05, 0) is 47.4 Å². The van der Waals surface area contributed by atoms with E-state index in [1.54, 1.807) is 6.92 Å². The third kappa shape index (κ3) is 10.5. The zero-order chi connectivity index (χ0) is 20.4. The second-order valence-electron chi connectivity index (χ2n) is 9.03. The van der Waals surface area contributed by atoms with Crippen LogP contribution >= 0.6 is 0 Å². The molecule has 0 heterocycles. The van der Waals surface area contributed by atoms with Crippen LogP contribution in [0.2, 0.25) is 0 Å². The van der Waals surface area contributed by atoms with E-state index in [1.807, 2.05) is 36.5 Å². The molecule has 0 amide bonds. The molecule has 0 N–H and O–H groups in total. The largest absolute Gasteiger partial charge is 0.298 e. The van der Waals surface area contributed by atoms with E-state index in [0.29, 0.717) is 11.3 Å². The van der Waals surface area contributed by atoms with Gasteiger partial charge in [-0.2, -0.15) is 0 Å². The Labute approximate surface area is 165 Å². The summed E-state index contributed by atoms with van der Waals surface area (Å²) in [5, 5.41) is 0. The number of hydrogen-bond acceptors (Lipinski definition) is 2. The van der Waals surface area contributed by atoms with Crippen LogP contribution in [-0.2, 0) is 4.79 Å². The molecule has 2 aromatic carbocycles. The summed E-state index contributed by atoms with van der Waals surface area (Å²) in [5.41, 5.74) is 3.87. The lowest BCUT2D eigenvalue weighted by molar-refractivity contribution is -0.118. The van der Waals surface area contributed by atoms with Gasteiger partial charge in [-0.25, -0.2) is 0 Å². The summed E-state index contributed by atoms with van der Waals surface area (Å²) in [5.74, 6) is 0.589. The van der Waals surface area contributed by atoms with Crippen LogP contribution in [0.15, 0.2) is 59.6 Å². The molecule has 27 heavy (non-hydrogen) atoms. The predicted molar refractivity (Wildman–Crippen MR) is 119 cm³/mol. The van der Waals surface area contributed by atoms with Crippen molar-refractivity contribution in [3.8, 4) is 11.1 Å². The maximum absolute atomic E-state index is 11.7. The lowest BCUT2D eigenvalue weighted by Gasteiger charge is -2.11. The molecule has 0 aromatic heterocycles. The van der Waals surface area contributed by atoms with Crippen molar-refractivity contribution in [3.63, 3.8) is 0 Å². The van der Waals surface area contributed by atoms with E-state index in [0.717, 1.165) is 17.5 Å². The van der Waals surface area contributed by atoms with E-state index in [-0.39, 0.29) is 11.8 Å². The third-order valence-electron chi connectivity index (χ3n) is 3.56. The van der Waals surface area contributed by atoms with Gasteiger partial charge in [0.05, 0.1) is 0 Å². The molecule has 0 saturated heterocycles. The molecule has 0 saturated carbocycles. The summed E-state index contributed by atoms with van der Waals surface area (Å²) in [6.07, 6.45) is 2.62. The quantitative estimate of drug-likeness (QED) is 0.516. The minimum absolute atomic E-state index is 0.129. The summed E-state index contributed by atoms with van der Waals surface area (Å²) in [6, 6.07) is 18.3. The van der Waals surface area contributed by atoms with Crippen molar-refractivity contribution < 1.29 is 4.79 Å². The minimum atomic E-state index is -0.236. The van der Waals surface area contributed by atoms with Crippen LogP contribution in [0, 0.1) is 11.3 Å². The van der Waals surface area contributed by atoms with Gasteiger partial charge in [-0.3, -0.25) is 9.79 Å². The maximum atomic E-state index is 11.7. The number of nitrogens with zero attached hydrogens (tertiary/aromatic N) is 1. The number of benzene rings is 2. The van der Waals surface area contributed by atoms with Crippen molar-refractivity contribution in [2.24, 2.45) is 16.3 Å². The Balaban J connectivity index is 0.000000646. The van der Waals surface area contributed by atoms with E-state index >= 15 is 0 Å². The van der Waals surface area contributed by atoms with Gasteiger partial charge in [0.2, 0.25) is 0 Å². The Morgan fingerprint density at radius 2 is 1.52 bits per heavy atom. The number of aliphatic imine (C=N–C) groups is 1. The summed E-state index contributed by atoms with van der Waals surface area (Å²) in [6.45, 7) is 14.6. The van der Waals surface area contributed by atoms with Crippen molar-refractivity contribution in [2.75, 3.05) is 0 Å². The maximum Gasteiger partial charge on any atom is 0.154 e. The van der Waals surface area contributed by atoms with Gasteiger partial charge in [0, 0.05) is 6.21 Å². The average molecular weight is 366 g/mol. The molecular formula is C25H35NO. The van der Waals surface area contributed by atoms with E-state index in [2.05, 4.69) is 70.8 Å². The lowest BCUT2D eigenvalue weighted by atomic mass is 10.0. The van der Waals surface area contributed by atoms with Crippen LogP contribution in [0.4, 0.5) is 0 Å². The van der Waals surface area contributed by atoms with Gasteiger partial charge < -0.3 is 0 Å². The fourth-order valence-corrected chi connectivity index (χ4v) is 2.38. The standard InChI is InChI=1S/C20H23NO.C5H12/c1-15(2)12-20(16(3)22)21-14-17-8-7-11-19(13-17)18-9-5-4-6-10-18;1-5(2,3)4/h4-11,13-15,20H,12H2,1-3H3;1-4H3. The van der Waals surface area contributed by atoms with Crippen LogP contribution < -0.4 is 0 Å². The second kappa shape index (κ2) is 10.8. The highest BCUT2D eigenvalue weighted by atomic mass is 16.1. The highest BCUT2D eigenvalue weighted by Crippen LogP contribution is 2.19. The number of rotatable bonds is 6. The van der Waals surface area contributed by atoms with Gasteiger partial charge in [-0.15, -0.1) is 0 Å². The molecule has 0 radical (unpaired) electrons. The summed E-state index contributed by atoms with van der Waals surface area (Å²) < 4.78 is 0. The number of carbonyl (C=O) groups is 1. The molecular weight excluding hydrogens is 330 g/mol. The number of Topliss-reactive ketones (excluding diaryl/α,β-unsaturated/α-hetero) is 1. The Kier molecular flexibility index (Phi) is 9.14. The van der Waals surface area contributed by atoms with Gasteiger partial charge in [0.1, 0.15) is 6.04 Å². The van der Waals surface area contributed by atoms with Crippen molar-refractivity contribution in [3.05, 3.63) is 60.2 Å². The van der Waals surface area contributed by atoms with E-state index in [4.69, 9.17) is 0 Å². The van der Waals surface area contributed by atoms with Crippen LogP contribution in [0.5, 0.6) is 0 Å². The van der Waals surface area contributed by atoms with Crippen molar-refractivity contribution >= 4 is 12.0 Å². The molecule has 2 heteroatoms. The second-order valence-corrected chi connectivity index (χ2v) is 9.03. The lowest BCUT2D eigenvalue weighted by Crippen LogP contribution is -2.17. The van der Waals surface area contributed by atoms with Crippen LogP contribution in [0.3, 0.4) is 0 Å². The van der Waals surface area contributed by atoms with Crippen molar-refractivity contribution in [2.45, 2.75) is 60.9 Å². The Morgan fingerprint density at radius 1 is 0.963 bits per heavy atom. The Morgan fingerprint density at radius 3 is 2.04 bits per heavy atom. The fraction of sp³-hybridized carbons (Fsp3) is 0.440. The van der Waals surface area contributed by atoms with Crippen LogP contribution in [0.25, 0.3) is 11.1 Å². The molecule has 0 bridgehead atoms. The number of hydrogen-bond donors (Lipinski definition) is 0. The molecule has 0 aliphatic rings. The molecule has 1 atom stereocenters. The summed E-state index contributed by atoms with van der Waals surface area (Å²) >= 11 is 0. The first-order chi connectivity index (χ1) is 12.6. The molecule has 0 aliphatic carbocycles. The third-order valence-corrected chi connectivity index (χ3v) is 3.56. The van der Waals surface area contributed by atoms with Gasteiger partial charge in [0.15, 0.2) is 5.78 Å². The monoisotopic (exact) mass is 365 g/mol. The molecule has 2 rings (SSSR count). The predicted octanol–water partition coefficient (Wildman–Crippen LogP) is 6.83. The topological polar surface area (TPSA) is 29.4 Å². The number of ketones is 1. The Hall–Kier alpha value is -2.22. The molecule has 2 nitrogen and oxygen atoms in total. The molecule has 0 spiro atoms. The first-order valence-corrected chi connectivity index (χ1v) is 9.75. The van der Waals surface area contributed by atoms with E-state index in [9.17, 15) is 4.79 Å². The minimum Gasteiger partial charge on any atom is -0.298 e. The van der Waals surface area contributed by atoms with Gasteiger partial charge in [0.25, 0.3) is 0 Å². The Bertz CT molecular complexity index is 717. The highest BCUT2D eigenvalue weighted by molar-refractivity contribution is 5.87. The zero-order valence-electron chi connectivity index (χ0n) is 18.0. The molecule has 0 aliphatic heterocycles. The first-order valence-electron chi connectivity index (χ1n) is 9.75. The first kappa shape index (κ1) is 22.8. The molecule has 146 valence electrons. The molecule has 0 fully saturated rings. The van der Waals surface area contributed by atoms with Crippen molar-refractivity contribution in [1.82, 2.24) is 0 Å². The van der Waals surface area contributed by atoms with Crippen LogP contribution in [-0.4, -0.2) is 18.0 Å². The summed E-state index contributed by atoms with van der Waals surface area (Å²) in [7, 11) is 0. The van der Waals surface area contributed by atoms with Crippen LogP contribution in [0.1, 0.15) is 60.5 Å². The molecule has 1 unspecified atom stereocenters. The van der Waals surface area contributed by atoms with Crippen molar-refractivity contribution in [1.29, 1.82) is 0 Å². The molecule has 2 aromatic rings. The van der Waals surface area contributed by atoms with Gasteiger partial charge >= 0.3 is 0 Å². The van der Waals surface area contributed by atoms with Gasteiger partial charge in [-0.1, -0.05) is 90.1 Å². The summed E-state index contributed by atoms with van der Waals surface area (Å²) in [4.78, 5) is 16.2. The van der Waals surface area contributed by atoms with E-state index < -0.39 is 0 Å². The SMILES string of the molecule is CC(=O)C(CC(C)C)N=Cc1cccc(-c2ccccc2)c1.CC(C)(C)C. The van der Waals surface area contributed by atoms with E-state index in [1.165, 1.54) is 5.56 Å². The fourth-order valence-electron chi connectivity index (χ4n) is 2.38. The highest BCUT2D eigenvalue weighted by Gasteiger charge is 2.13. The zero-order valence-corrected chi connectivity index (χ0v) is 18.0. The smallest absolute Gasteiger partial charge is 0.154 e. The normalized spacial score (nSPS) is 12.6.